The first kappa shape index (κ1) is 16.4. The lowest BCUT2D eigenvalue weighted by Gasteiger charge is -2.23. The summed E-state index contributed by atoms with van der Waals surface area (Å²) in [6.07, 6.45) is 4.88. The van der Waals surface area contributed by atoms with Crippen LogP contribution in [0.1, 0.15) is 16.0 Å². The van der Waals surface area contributed by atoms with Gasteiger partial charge in [-0.05, 0) is 41.1 Å². The van der Waals surface area contributed by atoms with Gasteiger partial charge >= 0.3 is 0 Å². The van der Waals surface area contributed by atoms with Crippen molar-refractivity contribution in [3.63, 3.8) is 0 Å². The average Bonchev–Trinajstić information content (AvgIpc) is 3.13. The molecule has 0 N–H and O–H groups in total. The van der Waals surface area contributed by atoms with E-state index in [1.807, 2.05) is 52.7 Å². The Kier molecular flexibility index (Phi) is 5.75. The maximum Gasteiger partial charge on any atom is 0.228 e. The van der Waals surface area contributed by atoms with Gasteiger partial charge in [-0.25, -0.2) is 0 Å². The van der Waals surface area contributed by atoms with Crippen LogP contribution in [0.3, 0.4) is 0 Å². The van der Waals surface area contributed by atoms with E-state index in [0.717, 1.165) is 23.4 Å². The third kappa shape index (κ3) is 4.77. The molecule has 3 rings (SSSR count). The van der Waals surface area contributed by atoms with Gasteiger partial charge in [0.25, 0.3) is 0 Å². The molecule has 1 aromatic carbocycles. The molecule has 0 bridgehead atoms. The molecule has 2 heterocycles. The topological polar surface area (TPSA) is 33.2 Å². The van der Waals surface area contributed by atoms with Gasteiger partial charge in [0.15, 0.2) is 0 Å². The second-order valence-electron chi connectivity index (χ2n) is 5.66. The summed E-state index contributed by atoms with van der Waals surface area (Å²) in [5.41, 5.74) is 2.36. The number of carbonyl (C=O) groups excluding carboxylic acids is 1. The number of amides is 1. The predicted octanol–water partition coefficient (Wildman–Crippen LogP) is 3.96. The van der Waals surface area contributed by atoms with Gasteiger partial charge in [-0.15, -0.1) is 11.3 Å². The highest BCUT2D eigenvalue weighted by Gasteiger charge is 2.15. The van der Waals surface area contributed by atoms with Crippen LogP contribution in [0.2, 0.25) is 0 Å². The van der Waals surface area contributed by atoms with Crippen LogP contribution in [0.4, 0.5) is 0 Å². The van der Waals surface area contributed by atoms with E-state index in [1.165, 1.54) is 5.56 Å². The Morgan fingerprint density at radius 3 is 2.46 bits per heavy atom. The summed E-state index contributed by atoms with van der Waals surface area (Å²) >= 11 is 1.63. The fourth-order valence-electron chi connectivity index (χ4n) is 2.58. The smallest absolute Gasteiger partial charge is 0.228 e. The molecule has 1 amide bonds. The van der Waals surface area contributed by atoms with Crippen LogP contribution in [0.5, 0.6) is 0 Å². The minimum atomic E-state index is 0.171. The summed E-state index contributed by atoms with van der Waals surface area (Å²) in [6, 6.07) is 18.2. The van der Waals surface area contributed by atoms with Gasteiger partial charge in [0.05, 0.1) is 6.42 Å². The highest BCUT2D eigenvalue weighted by atomic mass is 32.1. The minimum absolute atomic E-state index is 0.171. The van der Waals surface area contributed by atoms with Gasteiger partial charge in [-0.3, -0.25) is 9.78 Å². The Morgan fingerprint density at radius 2 is 1.75 bits per heavy atom. The Labute approximate surface area is 146 Å². The van der Waals surface area contributed by atoms with E-state index in [0.29, 0.717) is 13.0 Å². The van der Waals surface area contributed by atoms with Crippen LogP contribution in [0.15, 0.2) is 72.4 Å². The molecule has 0 saturated heterocycles. The number of carbonyl (C=O) groups is 1. The molecule has 122 valence electrons. The fraction of sp³-hybridized carbons (Fsp3) is 0.200. The van der Waals surface area contributed by atoms with Crippen molar-refractivity contribution in [1.82, 2.24) is 9.88 Å². The molecule has 3 aromatic rings. The zero-order chi connectivity index (χ0) is 16.6. The minimum Gasteiger partial charge on any atom is -0.338 e. The van der Waals surface area contributed by atoms with Crippen molar-refractivity contribution in [3.05, 3.63) is 88.4 Å². The molecule has 0 aliphatic carbocycles. The number of hydrogen-bond acceptors (Lipinski definition) is 3. The van der Waals surface area contributed by atoms with Crippen molar-refractivity contribution in [1.29, 1.82) is 0 Å². The van der Waals surface area contributed by atoms with E-state index in [4.69, 9.17) is 0 Å². The van der Waals surface area contributed by atoms with Gasteiger partial charge in [0.2, 0.25) is 5.91 Å². The van der Waals surface area contributed by atoms with Crippen LogP contribution >= 0.6 is 11.3 Å². The highest BCUT2D eigenvalue weighted by molar-refractivity contribution is 7.10. The Morgan fingerprint density at radius 1 is 0.958 bits per heavy atom. The van der Waals surface area contributed by atoms with E-state index in [9.17, 15) is 4.79 Å². The monoisotopic (exact) mass is 336 g/mol. The number of nitrogens with zero attached hydrogens (tertiary/aromatic N) is 2. The van der Waals surface area contributed by atoms with Crippen LogP contribution in [-0.2, 0) is 24.2 Å². The van der Waals surface area contributed by atoms with E-state index >= 15 is 0 Å². The lowest BCUT2D eigenvalue weighted by Crippen LogP contribution is -2.33. The normalized spacial score (nSPS) is 10.5. The molecule has 0 unspecified atom stereocenters. The largest absolute Gasteiger partial charge is 0.338 e. The van der Waals surface area contributed by atoms with E-state index < -0.39 is 0 Å². The van der Waals surface area contributed by atoms with Crippen LogP contribution in [0.25, 0.3) is 0 Å². The van der Waals surface area contributed by atoms with Crippen molar-refractivity contribution < 1.29 is 4.79 Å². The van der Waals surface area contributed by atoms with E-state index in [1.54, 1.807) is 23.7 Å². The van der Waals surface area contributed by atoms with Gasteiger partial charge in [0, 0.05) is 30.4 Å². The molecular weight excluding hydrogens is 316 g/mol. The number of pyridine rings is 1. The van der Waals surface area contributed by atoms with Gasteiger partial charge in [0.1, 0.15) is 0 Å². The van der Waals surface area contributed by atoms with Crippen molar-refractivity contribution in [2.45, 2.75) is 19.4 Å². The van der Waals surface area contributed by atoms with Crippen molar-refractivity contribution in [3.8, 4) is 0 Å². The maximum absolute atomic E-state index is 12.8. The molecule has 4 heteroatoms. The molecule has 0 saturated carbocycles. The first-order valence-corrected chi connectivity index (χ1v) is 8.92. The summed E-state index contributed by atoms with van der Waals surface area (Å²) in [6.45, 7) is 1.34. The highest BCUT2D eigenvalue weighted by Crippen LogP contribution is 2.13. The zero-order valence-electron chi connectivity index (χ0n) is 13.5. The molecule has 0 aliphatic rings. The first-order chi connectivity index (χ1) is 11.8. The fourth-order valence-corrected chi connectivity index (χ4v) is 3.28. The number of benzene rings is 1. The third-order valence-corrected chi connectivity index (χ3v) is 4.77. The SMILES string of the molecule is O=C(Cc1cccs1)N(CCc1ccccc1)Cc1ccncc1. The molecule has 0 aliphatic heterocycles. The number of thiophene rings is 1. The molecule has 0 atom stereocenters. The average molecular weight is 336 g/mol. The standard InChI is InChI=1S/C20H20N2OS/c23-20(15-19-7-4-14-24-19)22(16-18-8-11-21-12-9-18)13-10-17-5-2-1-3-6-17/h1-9,11-12,14H,10,13,15-16H2. The van der Waals surface area contributed by atoms with Crippen LogP contribution in [0, 0.1) is 0 Å². The first-order valence-electron chi connectivity index (χ1n) is 8.04. The quantitative estimate of drug-likeness (QED) is 0.654. The lowest BCUT2D eigenvalue weighted by molar-refractivity contribution is -0.131. The lowest BCUT2D eigenvalue weighted by atomic mass is 10.1. The third-order valence-electron chi connectivity index (χ3n) is 3.89. The van der Waals surface area contributed by atoms with Gasteiger partial charge in [-0.1, -0.05) is 36.4 Å². The summed E-state index contributed by atoms with van der Waals surface area (Å²) < 4.78 is 0. The second kappa shape index (κ2) is 8.41. The molecule has 3 nitrogen and oxygen atoms in total. The molecule has 24 heavy (non-hydrogen) atoms. The molecule has 0 spiro atoms. The second-order valence-corrected chi connectivity index (χ2v) is 6.69. The predicted molar refractivity (Wildman–Crippen MR) is 97.8 cm³/mol. The van der Waals surface area contributed by atoms with Gasteiger partial charge < -0.3 is 4.90 Å². The molecule has 2 aromatic heterocycles. The van der Waals surface area contributed by atoms with Crippen molar-refractivity contribution in [2.75, 3.05) is 6.54 Å². The summed E-state index contributed by atoms with van der Waals surface area (Å²) in [5, 5.41) is 2.01. The Hall–Kier alpha value is -2.46. The summed E-state index contributed by atoms with van der Waals surface area (Å²) in [4.78, 5) is 19.9. The molecule has 0 fully saturated rings. The van der Waals surface area contributed by atoms with Crippen molar-refractivity contribution in [2.24, 2.45) is 0 Å². The molecule has 0 radical (unpaired) electrons. The Balaban J connectivity index is 1.68. The van der Waals surface area contributed by atoms with Gasteiger partial charge in [-0.2, -0.15) is 0 Å². The zero-order valence-corrected chi connectivity index (χ0v) is 14.3. The van der Waals surface area contributed by atoms with E-state index in [2.05, 4.69) is 17.1 Å². The number of aromatic nitrogens is 1. The molecular formula is C20H20N2OS. The summed E-state index contributed by atoms with van der Waals surface area (Å²) in [7, 11) is 0. The van der Waals surface area contributed by atoms with E-state index in [-0.39, 0.29) is 5.91 Å². The number of rotatable bonds is 7. The van der Waals surface area contributed by atoms with Crippen LogP contribution < -0.4 is 0 Å². The number of hydrogen-bond donors (Lipinski definition) is 0. The summed E-state index contributed by atoms with van der Waals surface area (Å²) in [5.74, 6) is 0.171. The maximum atomic E-state index is 12.8. The van der Waals surface area contributed by atoms with Crippen LogP contribution in [-0.4, -0.2) is 22.3 Å². The Bertz CT molecular complexity index is 742. The van der Waals surface area contributed by atoms with Crippen molar-refractivity contribution >= 4 is 17.2 Å².